The summed E-state index contributed by atoms with van der Waals surface area (Å²) in [7, 11) is 0. The molecule has 32 heavy (non-hydrogen) atoms. The third kappa shape index (κ3) is 3.75. The Morgan fingerprint density at radius 2 is 1.91 bits per heavy atom. The van der Waals surface area contributed by atoms with Crippen LogP contribution in [0.3, 0.4) is 0 Å². The van der Waals surface area contributed by atoms with Crippen molar-refractivity contribution in [3.8, 4) is 0 Å². The summed E-state index contributed by atoms with van der Waals surface area (Å²) in [5.74, 6) is -0.608. The predicted molar refractivity (Wildman–Crippen MR) is 125 cm³/mol. The summed E-state index contributed by atoms with van der Waals surface area (Å²) in [6.45, 7) is 2.44. The average Bonchev–Trinajstić information content (AvgIpc) is 3.24. The summed E-state index contributed by atoms with van der Waals surface area (Å²) in [5.41, 5.74) is 2.78. The molecule has 0 saturated carbocycles. The van der Waals surface area contributed by atoms with Crippen LogP contribution < -0.4 is 10.2 Å². The maximum absolute atomic E-state index is 13.2. The van der Waals surface area contributed by atoms with Crippen LogP contribution in [0.1, 0.15) is 18.9 Å². The second-order valence-electron chi connectivity index (χ2n) is 8.22. The molecule has 2 aliphatic heterocycles. The van der Waals surface area contributed by atoms with Crippen molar-refractivity contribution in [1.82, 2.24) is 15.2 Å². The Kier molecular flexibility index (Phi) is 5.38. The molecule has 7 nitrogen and oxygen atoms in total. The minimum atomic E-state index is -0.679. The molecular formula is C24H24N4O3S. The van der Waals surface area contributed by atoms with Gasteiger partial charge in [0.15, 0.2) is 0 Å². The van der Waals surface area contributed by atoms with E-state index in [0.29, 0.717) is 18.2 Å². The zero-order chi connectivity index (χ0) is 22.2. The van der Waals surface area contributed by atoms with E-state index in [-0.39, 0.29) is 18.4 Å². The van der Waals surface area contributed by atoms with Crippen LogP contribution in [0, 0.1) is 0 Å². The number of H-pyrrole nitrogens is 1. The van der Waals surface area contributed by atoms with E-state index < -0.39 is 12.1 Å². The topological polar surface area (TPSA) is 85.5 Å². The fraction of sp³-hybridized carbons (Fsp3) is 0.292. The first kappa shape index (κ1) is 20.6. The zero-order valence-corrected chi connectivity index (χ0v) is 18.5. The number of nitrogens with one attached hydrogen (secondary N) is 2. The molecule has 3 heterocycles. The molecule has 1 aromatic heterocycles. The first-order valence-electron chi connectivity index (χ1n) is 10.7. The van der Waals surface area contributed by atoms with Gasteiger partial charge in [0.1, 0.15) is 12.6 Å². The molecule has 1 fully saturated rings. The molecule has 0 bridgehead atoms. The molecule has 8 heteroatoms. The lowest BCUT2D eigenvalue weighted by atomic mass is 10.1. The number of aromatic nitrogens is 1. The third-order valence-corrected chi connectivity index (χ3v) is 7.28. The number of nitrogens with zero attached hydrogens (tertiary/aromatic N) is 2. The molecule has 4 amide bonds. The summed E-state index contributed by atoms with van der Waals surface area (Å²) in [4.78, 5) is 45.8. The van der Waals surface area contributed by atoms with E-state index in [4.69, 9.17) is 0 Å². The number of aromatic amines is 1. The van der Waals surface area contributed by atoms with Crippen LogP contribution in [-0.4, -0.2) is 52.1 Å². The van der Waals surface area contributed by atoms with Crippen LogP contribution in [0.25, 0.3) is 10.9 Å². The number of urea groups is 1. The standard InChI is InChI=1S/C24H24N4O3S/c1-15-10-11-27(20-8-4-5-9-21(20)32-15)22(29)14-28-23(30)19(26-24(28)31)12-16-13-25-18-7-3-2-6-17(16)18/h2-9,13,15,19,25H,10-12,14H2,1H3,(H,26,31)/t15-,19+/m0/s1. The van der Waals surface area contributed by atoms with Crippen molar-refractivity contribution in [3.63, 3.8) is 0 Å². The number of imide groups is 1. The molecule has 2 aliphatic rings. The lowest BCUT2D eigenvalue weighted by molar-refractivity contribution is -0.131. The van der Waals surface area contributed by atoms with Crippen molar-refractivity contribution in [2.45, 2.75) is 36.0 Å². The highest BCUT2D eigenvalue weighted by atomic mass is 32.2. The smallest absolute Gasteiger partial charge is 0.325 e. The second-order valence-corrected chi connectivity index (χ2v) is 9.70. The lowest BCUT2D eigenvalue weighted by Gasteiger charge is -2.24. The van der Waals surface area contributed by atoms with E-state index in [1.165, 1.54) is 0 Å². The highest BCUT2D eigenvalue weighted by Gasteiger charge is 2.40. The van der Waals surface area contributed by atoms with E-state index in [1.54, 1.807) is 16.7 Å². The van der Waals surface area contributed by atoms with Gasteiger partial charge in [-0.15, -0.1) is 11.8 Å². The van der Waals surface area contributed by atoms with Gasteiger partial charge in [0.2, 0.25) is 5.91 Å². The predicted octanol–water partition coefficient (Wildman–Crippen LogP) is 3.55. The minimum Gasteiger partial charge on any atom is -0.361 e. The quantitative estimate of drug-likeness (QED) is 0.598. The molecule has 2 N–H and O–H groups in total. The largest absolute Gasteiger partial charge is 0.361 e. The summed E-state index contributed by atoms with van der Waals surface area (Å²) < 4.78 is 0. The highest BCUT2D eigenvalue weighted by molar-refractivity contribution is 8.00. The minimum absolute atomic E-state index is 0.247. The summed E-state index contributed by atoms with van der Waals surface area (Å²) in [6.07, 6.45) is 3.08. The van der Waals surface area contributed by atoms with Gasteiger partial charge in [0, 0.05) is 40.2 Å². The van der Waals surface area contributed by atoms with Gasteiger partial charge in [0.05, 0.1) is 5.69 Å². The van der Waals surface area contributed by atoms with Gasteiger partial charge in [0.25, 0.3) is 5.91 Å². The Bertz CT molecular complexity index is 1210. The van der Waals surface area contributed by atoms with E-state index in [1.807, 2.05) is 54.7 Å². The van der Waals surface area contributed by atoms with Crippen molar-refractivity contribution in [2.24, 2.45) is 0 Å². The number of rotatable bonds is 4. The fourth-order valence-corrected chi connectivity index (χ4v) is 5.46. The number of carbonyl (C=O) groups is 3. The molecule has 3 aromatic rings. The molecule has 164 valence electrons. The van der Waals surface area contributed by atoms with Crippen molar-refractivity contribution < 1.29 is 14.4 Å². The van der Waals surface area contributed by atoms with Crippen LogP contribution in [0.5, 0.6) is 0 Å². The number of para-hydroxylation sites is 2. The number of anilines is 1. The van der Waals surface area contributed by atoms with Crippen molar-refractivity contribution >= 4 is 46.2 Å². The van der Waals surface area contributed by atoms with Gasteiger partial charge in [-0.25, -0.2) is 4.79 Å². The Balaban J connectivity index is 1.32. The Hall–Kier alpha value is -3.26. The van der Waals surface area contributed by atoms with Gasteiger partial charge >= 0.3 is 6.03 Å². The van der Waals surface area contributed by atoms with Gasteiger partial charge in [-0.3, -0.25) is 14.5 Å². The maximum Gasteiger partial charge on any atom is 0.325 e. The molecule has 0 aliphatic carbocycles. The number of hydrogen-bond donors (Lipinski definition) is 2. The third-order valence-electron chi connectivity index (χ3n) is 6.04. The molecule has 5 rings (SSSR count). The zero-order valence-electron chi connectivity index (χ0n) is 17.7. The summed E-state index contributed by atoms with van der Waals surface area (Å²) in [6, 6.07) is 14.4. The number of fused-ring (bicyclic) bond motifs is 2. The lowest BCUT2D eigenvalue weighted by Crippen LogP contribution is -2.44. The highest BCUT2D eigenvalue weighted by Crippen LogP contribution is 2.37. The van der Waals surface area contributed by atoms with Gasteiger partial charge < -0.3 is 15.2 Å². The summed E-state index contributed by atoms with van der Waals surface area (Å²) >= 11 is 1.74. The van der Waals surface area contributed by atoms with Crippen LogP contribution in [-0.2, 0) is 16.0 Å². The van der Waals surface area contributed by atoms with Crippen LogP contribution >= 0.6 is 11.8 Å². The fourth-order valence-electron chi connectivity index (χ4n) is 4.35. The molecule has 1 saturated heterocycles. The number of carbonyl (C=O) groups excluding carboxylic acids is 3. The van der Waals surface area contributed by atoms with Gasteiger partial charge in [-0.2, -0.15) is 0 Å². The first-order chi connectivity index (χ1) is 15.5. The Morgan fingerprint density at radius 3 is 2.78 bits per heavy atom. The monoisotopic (exact) mass is 448 g/mol. The Labute approximate surface area is 190 Å². The van der Waals surface area contributed by atoms with Crippen LogP contribution in [0.4, 0.5) is 10.5 Å². The molecule has 2 atom stereocenters. The summed E-state index contributed by atoms with van der Waals surface area (Å²) in [5, 5.41) is 4.16. The Morgan fingerprint density at radius 1 is 1.12 bits per heavy atom. The molecule has 0 radical (unpaired) electrons. The van der Waals surface area contributed by atoms with Crippen molar-refractivity contribution in [3.05, 3.63) is 60.3 Å². The van der Waals surface area contributed by atoms with E-state index in [2.05, 4.69) is 17.2 Å². The van der Waals surface area contributed by atoms with E-state index in [0.717, 1.165) is 38.4 Å². The molecule has 0 spiro atoms. The normalized spacial score (nSPS) is 20.9. The van der Waals surface area contributed by atoms with Crippen molar-refractivity contribution in [1.29, 1.82) is 0 Å². The first-order valence-corrected chi connectivity index (χ1v) is 11.6. The maximum atomic E-state index is 13.2. The second kappa shape index (κ2) is 8.35. The average molecular weight is 449 g/mol. The van der Waals surface area contributed by atoms with Crippen LogP contribution in [0.2, 0.25) is 0 Å². The SMILES string of the molecule is C[C@H]1CCN(C(=O)CN2C(=O)N[C@H](Cc3c[nH]c4ccccc34)C2=O)c2ccccc2S1. The van der Waals surface area contributed by atoms with E-state index in [9.17, 15) is 14.4 Å². The van der Waals surface area contributed by atoms with Gasteiger partial charge in [-0.05, 0) is 30.2 Å². The molecule has 0 unspecified atom stereocenters. The number of hydrogen-bond acceptors (Lipinski definition) is 4. The van der Waals surface area contributed by atoms with Gasteiger partial charge in [-0.1, -0.05) is 37.3 Å². The number of benzene rings is 2. The molecule has 2 aromatic carbocycles. The van der Waals surface area contributed by atoms with E-state index >= 15 is 0 Å². The van der Waals surface area contributed by atoms with Crippen molar-refractivity contribution in [2.75, 3.05) is 18.0 Å². The van der Waals surface area contributed by atoms with Crippen LogP contribution in [0.15, 0.2) is 59.6 Å². The number of thioether (sulfide) groups is 1. The molecular weight excluding hydrogens is 424 g/mol. The number of amides is 4.